The van der Waals surface area contributed by atoms with Crippen LogP contribution < -0.4 is 0 Å². The van der Waals surface area contributed by atoms with Crippen molar-refractivity contribution in [3.05, 3.63) is 71.8 Å². The van der Waals surface area contributed by atoms with Gasteiger partial charge in [0.1, 0.15) is 5.60 Å². The summed E-state index contributed by atoms with van der Waals surface area (Å²) < 4.78 is 6.65. The normalized spacial score (nSPS) is 11.8. The average molecular weight is 284 g/mol. The summed E-state index contributed by atoms with van der Waals surface area (Å²) in [6.07, 6.45) is 0. The lowest BCUT2D eigenvalue weighted by atomic mass is 9.88. The molecule has 0 N–H and O–H groups in total. The minimum atomic E-state index is -1.16. The maximum atomic E-state index is 6.65. The van der Waals surface area contributed by atoms with Gasteiger partial charge in [-0.05, 0) is 30.1 Å². The van der Waals surface area contributed by atoms with Crippen molar-refractivity contribution in [2.24, 2.45) is 0 Å². The molecule has 0 saturated heterocycles. The molecule has 0 bridgehead atoms. The number of rotatable bonds is 6. The molecule has 1 nitrogen and oxygen atoms in total. The Balaban J connectivity index is 2.43. The van der Waals surface area contributed by atoms with E-state index in [1.54, 1.807) is 0 Å². The SMILES string of the molecule is CC[SiH](CC)OC(C)(c1ccccc1)c1ccccc1. The van der Waals surface area contributed by atoms with Crippen LogP contribution in [-0.2, 0) is 10.0 Å². The molecule has 0 spiro atoms. The van der Waals surface area contributed by atoms with Gasteiger partial charge in [0, 0.05) is 0 Å². The number of hydrogen-bond acceptors (Lipinski definition) is 1. The van der Waals surface area contributed by atoms with E-state index in [1.807, 2.05) is 0 Å². The van der Waals surface area contributed by atoms with Crippen molar-refractivity contribution in [3.8, 4) is 0 Å². The summed E-state index contributed by atoms with van der Waals surface area (Å²) in [5, 5.41) is 0. The molecule has 0 aromatic heterocycles. The van der Waals surface area contributed by atoms with Crippen LogP contribution in [0.2, 0.25) is 12.1 Å². The first-order chi connectivity index (χ1) is 9.70. The largest absolute Gasteiger partial charge is 0.407 e. The van der Waals surface area contributed by atoms with Crippen molar-refractivity contribution in [1.82, 2.24) is 0 Å². The molecule has 0 aliphatic rings. The quantitative estimate of drug-likeness (QED) is 0.697. The van der Waals surface area contributed by atoms with Crippen LogP contribution >= 0.6 is 0 Å². The summed E-state index contributed by atoms with van der Waals surface area (Å²) >= 11 is 0. The summed E-state index contributed by atoms with van der Waals surface area (Å²) in [4.78, 5) is 0. The summed E-state index contributed by atoms with van der Waals surface area (Å²) in [6.45, 7) is 6.70. The van der Waals surface area contributed by atoms with Crippen molar-refractivity contribution in [3.63, 3.8) is 0 Å². The second-order valence-electron chi connectivity index (χ2n) is 5.32. The van der Waals surface area contributed by atoms with E-state index >= 15 is 0 Å². The molecule has 0 fully saturated rings. The fourth-order valence-electron chi connectivity index (χ4n) is 2.60. The number of hydrogen-bond donors (Lipinski definition) is 0. The Hall–Kier alpha value is -1.38. The van der Waals surface area contributed by atoms with Crippen LogP contribution in [-0.4, -0.2) is 9.04 Å². The van der Waals surface area contributed by atoms with Crippen molar-refractivity contribution < 1.29 is 4.43 Å². The smallest absolute Gasteiger partial charge is 0.178 e. The van der Waals surface area contributed by atoms with Crippen LogP contribution in [0.25, 0.3) is 0 Å². The molecule has 0 atom stereocenters. The van der Waals surface area contributed by atoms with Crippen molar-refractivity contribution in [2.45, 2.75) is 38.5 Å². The monoisotopic (exact) mass is 284 g/mol. The van der Waals surface area contributed by atoms with Gasteiger partial charge in [0.25, 0.3) is 0 Å². The van der Waals surface area contributed by atoms with Gasteiger partial charge < -0.3 is 4.43 Å². The number of benzene rings is 2. The minimum absolute atomic E-state index is 0.328. The zero-order chi connectivity index (χ0) is 14.4. The molecule has 106 valence electrons. The highest BCUT2D eigenvalue weighted by Gasteiger charge is 2.31. The first-order valence-corrected chi connectivity index (χ1v) is 9.60. The Bertz CT molecular complexity index is 466. The van der Waals surface area contributed by atoms with Gasteiger partial charge in [0.2, 0.25) is 0 Å². The van der Waals surface area contributed by atoms with E-state index in [2.05, 4.69) is 81.4 Å². The summed E-state index contributed by atoms with van der Waals surface area (Å²) in [5.74, 6) is 0. The molecule has 0 unspecified atom stereocenters. The van der Waals surface area contributed by atoms with E-state index in [-0.39, 0.29) is 5.60 Å². The van der Waals surface area contributed by atoms with Crippen LogP contribution in [0, 0.1) is 0 Å². The molecule has 2 rings (SSSR count). The van der Waals surface area contributed by atoms with Crippen LogP contribution in [0.3, 0.4) is 0 Å². The first-order valence-electron chi connectivity index (χ1n) is 7.49. The van der Waals surface area contributed by atoms with Gasteiger partial charge in [-0.25, -0.2) is 0 Å². The molecule has 0 radical (unpaired) electrons. The molecule has 0 heterocycles. The van der Waals surface area contributed by atoms with Crippen LogP contribution in [0.1, 0.15) is 31.9 Å². The zero-order valence-corrected chi connectivity index (χ0v) is 13.8. The van der Waals surface area contributed by atoms with Crippen molar-refractivity contribution in [2.75, 3.05) is 0 Å². The van der Waals surface area contributed by atoms with Gasteiger partial charge in [-0.1, -0.05) is 74.5 Å². The van der Waals surface area contributed by atoms with E-state index < -0.39 is 9.04 Å². The van der Waals surface area contributed by atoms with Gasteiger partial charge >= 0.3 is 0 Å². The highest BCUT2D eigenvalue weighted by atomic mass is 28.3. The Morgan fingerprint density at radius 1 is 0.800 bits per heavy atom. The molecule has 2 aromatic rings. The maximum Gasteiger partial charge on any atom is 0.178 e. The first kappa shape index (κ1) is 15.0. The summed E-state index contributed by atoms with van der Waals surface area (Å²) in [5.41, 5.74) is 2.15. The summed E-state index contributed by atoms with van der Waals surface area (Å²) in [6, 6.07) is 23.5. The van der Waals surface area contributed by atoms with Crippen LogP contribution in [0.4, 0.5) is 0 Å². The molecular formula is C18H24OSi. The lowest BCUT2D eigenvalue weighted by molar-refractivity contribution is 0.129. The van der Waals surface area contributed by atoms with Gasteiger partial charge in [-0.3, -0.25) is 0 Å². The third kappa shape index (κ3) is 3.19. The topological polar surface area (TPSA) is 9.23 Å². The van der Waals surface area contributed by atoms with Crippen molar-refractivity contribution >= 4 is 9.04 Å². The average Bonchev–Trinajstić information content (AvgIpc) is 2.54. The lowest BCUT2D eigenvalue weighted by Crippen LogP contribution is -2.34. The van der Waals surface area contributed by atoms with Gasteiger partial charge in [0.15, 0.2) is 9.04 Å². The molecule has 2 aromatic carbocycles. The minimum Gasteiger partial charge on any atom is -0.407 e. The van der Waals surface area contributed by atoms with Gasteiger partial charge in [0.05, 0.1) is 0 Å². The highest BCUT2D eigenvalue weighted by molar-refractivity contribution is 6.51. The Kier molecular flexibility index (Phi) is 5.15. The van der Waals surface area contributed by atoms with E-state index in [1.165, 1.54) is 23.2 Å². The zero-order valence-electron chi connectivity index (χ0n) is 12.7. The molecule has 20 heavy (non-hydrogen) atoms. The van der Waals surface area contributed by atoms with E-state index in [0.29, 0.717) is 0 Å². The predicted octanol–water partition coefficient (Wildman–Crippen LogP) is 4.73. The fourth-order valence-corrected chi connectivity index (χ4v) is 4.45. The molecule has 2 heteroatoms. The fraction of sp³-hybridized carbons (Fsp3) is 0.333. The van der Waals surface area contributed by atoms with E-state index in [9.17, 15) is 0 Å². The Morgan fingerprint density at radius 3 is 1.55 bits per heavy atom. The second kappa shape index (κ2) is 6.87. The van der Waals surface area contributed by atoms with Crippen LogP contribution in [0.5, 0.6) is 0 Å². The summed E-state index contributed by atoms with van der Waals surface area (Å²) in [7, 11) is -1.16. The molecule has 0 aliphatic heterocycles. The van der Waals surface area contributed by atoms with Crippen LogP contribution in [0.15, 0.2) is 60.7 Å². The third-order valence-corrected chi connectivity index (χ3v) is 6.59. The molecular weight excluding hydrogens is 260 g/mol. The second-order valence-corrected chi connectivity index (χ2v) is 8.43. The van der Waals surface area contributed by atoms with E-state index in [0.717, 1.165) is 0 Å². The maximum absolute atomic E-state index is 6.65. The molecule has 0 saturated carbocycles. The van der Waals surface area contributed by atoms with Gasteiger partial charge in [-0.15, -0.1) is 0 Å². The highest BCUT2D eigenvalue weighted by Crippen LogP contribution is 2.34. The van der Waals surface area contributed by atoms with Gasteiger partial charge in [-0.2, -0.15) is 0 Å². The third-order valence-electron chi connectivity index (χ3n) is 3.96. The van der Waals surface area contributed by atoms with E-state index in [4.69, 9.17) is 4.43 Å². The molecule has 0 amide bonds. The predicted molar refractivity (Wildman–Crippen MR) is 88.5 cm³/mol. The van der Waals surface area contributed by atoms with Crippen molar-refractivity contribution in [1.29, 1.82) is 0 Å². The standard InChI is InChI=1S/C18H24OSi/c1-4-20(5-2)19-18(3,16-12-8-6-9-13-16)17-14-10-7-11-15-17/h6-15,20H,4-5H2,1-3H3. The Morgan fingerprint density at radius 2 is 1.20 bits per heavy atom. The Labute approximate surface area is 124 Å². The lowest BCUT2D eigenvalue weighted by Gasteiger charge is -2.35. The molecule has 0 aliphatic carbocycles.